The van der Waals surface area contributed by atoms with Crippen LogP contribution in [0.2, 0.25) is 0 Å². The summed E-state index contributed by atoms with van der Waals surface area (Å²) in [4.78, 5) is 53.1. The summed E-state index contributed by atoms with van der Waals surface area (Å²) < 4.78 is 21.0. The van der Waals surface area contributed by atoms with Gasteiger partial charge in [-0.2, -0.15) is 10.5 Å². The molecule has 0 amide bonds. The maximum Gasteiger partial charge on any atom is 0.348 e. The van der Waals surface area contributed by atoms with E-state index in [1.54, 1.807) is 41.5 Å². The van der Waals surface area contributed by atoms with Gasteiger partial charge in [0.1, 0.15) is 35.5 Å². The van der Waals surface area contributed by atoms with Gasteiger partial charge in [0.15, 0.2) is 0 Å². The molecule has 1 aliphatic rings. The van der Waals surface area contributed by atoms with Crippen LogP contribution in [0.3, 0.4) is 0 Å². The monoisotopic (exact) mass is 724 g/mol. The number of rotatable bonds is 15. The first-order valence-electron chi connectivity index (χ1n) is 17.5. The van der Waals surface area contributed by atoms with Crippen LogP contribution >= 0.6 is 0 Å². The van der Waals surface area contributed by atoms with Crippen molar-refractivity contribution in [3.05, 3.63) is 83.0 Å². The molecule has 280 valence electrons. The number of benzene rings is 2. The van der Waals surface area contributed by atoms with Crippen molar-refractivity contribution in [3.63, 3.8) is 0 Å². The Bertz CT molecular complexity index is 1770. The summed E-state index contributed by atoms with van der Waals surface area (Å²) in [6.45, 7) is 16.9. The number of esters is 4. The zero-order chi connectivity index (χ0) is 39.1. The molecule has 53 heavy (non-hydrogen) atoms. The molecule has 0 bridgehead atoms. The predicted octanol–water partition coefficient (Wildman–Crippen LogP) is 6.18. The molecule has 2 aromatic carbocycles. The Hall–Kier alpha value is -5.88. The SMILES string of the molecule is C=C(C)C(=O)OC(C)CCOC(=O)/C(C#N)=C/c1ccc(N2CCN(c3ccc(/C=C(\C#N)C(=O)OCCC(C)OC(=O)C(C)(C)C)cc3)CC2)cc1. The van der Waals surface area contributed by atoms with Crippen LogP contribution in [0.1, 0.15) is 65.5 Å². The fourth-order valence-electron chi connectivity index (χ4n) is 4.94. The van der Waals surface area contributed by atoms with E-state index in [0.717, 1.165) is 37.6 Å². The smallest absolute Gasteiger partial charge is 0.348 e. The number of nitriles is 2. The van der Waals surface area contributed by atoms with Gasteiger partial charge in [0.05, 0.1) is 18.6 Å². The summed E-state index contributed by atoms with van der Waals surface area (Å²) in [7, 11) is 0. The maximum atomic E-state index is 12.5. The van der Waals surface area contributed by atoms with Gasteiger partial charge in [-0.1, -0.05) is 30.8 Å². The van der Waals surface area contributed by atoms with E-state index in [9.17, 15) is 29.7 Å². The lowest BCUT2D eigenvalue weighted by Crippen LogP contribution is -2.46. The highest BCUT2D eigenvalue weighted by Gasteiger charge is 2.25. The average Bonchev–Trinajstić information content (AvgIpc) is 3.12. The minimum atomic E-state index is -0.748. The van der Waals surface area contributed by atoms with Crippen LogP contribution < -0.4 is 9.80 Å². The zero-order valence-electron chi connectivity index (χ0n) is 31.3. The predicted molar refractivity (Wildman–Crippen MR) is 201 cm³/mol. The first-order valence-corrected chi connectivity index (χ1v) is 17.5. The highest BCUT2D eigenvalue weighted by Crippen LogP contribution is 2.23. The van der Waals surface area contributed by atoms with Gasteiger partial charge in [-0.15, -0.1) is 0 Å². The molecular weight excluding hydrogens is 676 g/mol. The number of piperazine rings is 1. The van der Waals surface area contributed by atoms with Gasteiger partial charge in [-0.05, 0) is 89.1 Å². The van der Waals surface area contributed by atoms with Gasteiger partial charge in [0.25, 0.3) is 0 Å². The van der Waals surface area contributed by atoms with E-state index in [1.807, 2.05) is 60.7 Å². The van der Waals surface area contributed by atoms with Gasteiger partial charge in [0, 0.05) is 56.0 Å². The van der Waals surface area contributed by atoms with E-state index in [2.05, 4.69) is 16.4 Å². The maximum absolute atomic E-state index is 12.5. The van der Waals surface area contributed by atoms with Gasteiger partial charge in [0.2, 0.25) is 0 Å². The summed E-state index contributed by atoms with van der Waals surface area (Å²) in [5.41, 5.74) is 2.79. The third-order valence-electron chi connectivity index (χ3n) is 8.19. The molecular formula is C41H48N4O8. The van der Waals surface area contributed by atoms with Crippen LogP contribution in [-0.2, 0) is 38.1 Å². The van der Waals surface area contributed by atoms with Crippen molar-refractivity contribution in [1.82, 2.24) is 0 Å². The summed E-state index contributed by atoms with van der Waals surface area (Å²) in [5, 5.41) is 19.1. The lowest BCUT2D eigenvalue weighted by Gasteiger charge is -2.37. The average molecular weight is 725 g/mol. The first kappa shape index (κ1) is 41.5. The van der Waals surface area contributed by atoms with Crippen molar-refractivity contribution in [1.29, 1.82) is 10.5 Å². The Labute approximate surface area is 311 Å². The van der Waals surface area contributed by atoms with Crippen molar-refractivity contribution in [2.75, 3.05) is 49.2 Å². The molecule has 1 saturated heterocycles. The number of nitrogens with zero attached hydrogens (tertiary/aromatic N) is 4. The van der Waals surface area contributed by atoms with Crippen LogP contribution in [0.15, 0.2) is 71.8 Å². The molecule has 2 atom stereocenters. The Morgan fingerprint density at radius 3 is 1.43 bits per heavy atom. The normalized spacial score (nSPS) is 14.6. The number of ether oxygens (including phenoxy) is 4. The van der Waals surface area contributed by atoms with Crippen molar-refractivity contribution < 1.29 is 38.1 Å². The van der Waals surface area contributed by atoms with Crippen molar-refractivity contribution >= 4 is 47.4 Å². The fourth-order valence-corrected chi connectivity index (χ4v) is 4.94. The molecule has 0 saturated carbocycles. The molecule has 3 rings (SSSR count). The Kier molecular flexibility index (Phi) is 15.4. The molecule has 12 heteroatoms. The topological polar surface area (TPSA) is 159 Å². The Morgan fingerprint density at radius 2 is 1.09 bits per heavy atom. The van der Waals surface area contributed by atoms with Gasteiger partial charge in [-0.25, -0.2) is 14.4 Å². The number of carbonyl (C=O) groups is 4. The van der Waals surface area contributed by atoms with Crippen molar-refractivity contribution in [3.8, 4) is 12.1 Å². The summed E-state index contributed by atoms with van der Waals surface area (Å²) >= 11 is 0. The summed E-state index contributed by atoms with van der Waals surface area (Å²) in [5.74, 6) is -2.33. The zero-order valence-corrected chi connectivity index (χ0v) is 31.3. The molecule has 0 radical (unpaired) electrons. The number of hydrogen-bond acceptors (Lipinski definition) is 12. The molecule has 1 aliphatic heterocycles. The molecule has 0 N–H and O–H groups in total. The minimum Gasteiger partial charge on any atom is -0.462 e. The molecule has 2 unspecified atom stereocenters. The van der Waals surface area contributed by atoms with Gasteiger partial charge in [-0.3, -0.25) is 4.79 Å². The minimum absolute atomic E-state index is 0.00597. The first-order chi connectivity index (χ1) is 25.1. The van der Waals surface area contributed by atoms with Crippen LogP contribution in [-0.4, -0.2) is 75.5 Å². The summed E-state index contributed by atoms with van der Waals surface area (Å²) in [6.07, 6.45) is 2.67. The second kappa shape index (κ2) is 19.7. The number of carbonyl (C=O) groups excluding carboxylic acids is 4. The van der Waals surface area contributed by atoms with Crippen LogP contribution in [0, 0.1) is 28.1 Å². The van der Waals surface area contributed by atoms with E-state index in [-0.39, 0.29) is 42.3 Å². The van der Waals surface area contributed by atoms with Gasteiger partial charge >= 0.3 is 23.9 Å². The third-order valence-corrected chi connectivity index (χ3v) is 8.19. The Balaban J connectivity index is 1.48. The van der Waals surface area contributed by atoms with Gasteiger partial charge < -0.3 is 28.7 Å². The third kappa shape index (κ3) is 13.3. The van der Waals surface area contributed by atoms with E-state index in [1.165, 1.54) is 12.2 Å². The van der Waals surface area contributed by atoms with Crippen LogP contribution in [0.25, 0.3) is 12.2 Å². The van der Waals surface area contributed by atoms with E-state index in [4.69, 9.17) is 18.9 Å². The standard InChI is InChI=1S/C41H48N4O8/c1-28(2)37(46)52-29(3)16-22-50-38(47)33(26-42)24-31-8-12-35(13-9-31)44-18-20-45(21-19-44)36-14-10-32(11-15-36)25-34(27-43)39(48)51-23-17-30(4)53-40(49)41(5,6)7/h8-15,24-25,29-30H,1,16-23H2,2-7H3/b33-24+,34-25+. The van der Waals surface area contributed by atoms with E-state index < -0.39 is 35.5 Å². The second-order valence-electron chi connectivity index (χ2n) is 13.8. The quantitative estimate of drug-likeness (QED) is 0.0890. The highest BCUT2D eigenvalue weighted by molar-refractivity contribution is 5.98. The number of anilines is 2. The van der Waals surface area contributed by atoms with Crippen LogP contribution in [0.5, 0.6) is 0 Å². The second-order valence-corrected chi connectivity index (χ2v) is 13.8. The lowest BCUT2D eigenvalue weighted by atomic mass is 9.97. The van der Waals surface area contributed by atoms with Crippen LogP contribution in [0.4, 0.5) is 11.4 Å². The molecule has 1 heterocycles. The fraction of sp³-hybridized carbons (Fsp3) is 0.415. The van der Waals surface area contributed by atoms with E-state index in [0.29, 0.717) is 17.5 Å². The molecule has 1 fully saturated rings. The number of hydrogen-bond donors (Lipinski definition) is 0. The highest BCUT2D eigenvalue weighted by atomic mass is 16.6. The molecule has 2 aromatic rings. The molecule has 0 aliphatic carbocycles. The van der Waals surface area contributed by atoms with E-state index >= 15 is 0 Å². The van der Waals surface area contributed by atoms with Crippen molar-refractivity contribution in [2.24, 2.45) is 5.41 Å². The lowest BCUT2D eigenvalue weighted by molar-refractivity contribution is -0.158. The van der Waals surface area contributed by atoms with Crippen molar-refractivity contribution in [2.45, 2.75) is 66.6 Å². The summed E-state index contributed by atoms with van der Waals surface area (Å²) in [6, 6.07) is 19.0. The largest absolute Gasteiger partial charge is 0.462 e. The molecule has 0 spiro atoms. The molecule has 0 aromatic heterocycles. The Morgan fingerprint density at radius 1 is 0.717 bits per heavy atom. The molecule has 12 nitrogen and oxygen atoms in total.